The van der Waals surface area contributed by atoms with Gasteiger partial charge in [-0.3, -0.25) is 33.3 Å². The molecule has 7 atom stereocenters. The van der Waals surface area contributed by atoms with Crippen LogP contribution in [0.4, 0.5) is 0 Å². The topological polar surface area (TPSA) is 310 Å². The summed E-state index contributed by atoms with van der Waals surface area (Å²) in [5, 5.41) is 22.8. The number of nitrogens with one attached hydrogen (secondary N) is 5. The van der Waals surface area contributed by atoms with Gasteiger partial charge in [-0.15, -0.1) is 0 Å². The molecule has 0 aliphatic carbocycles. The van der Waals surface area contributed by atoms with Crippen LogP contribution in [0.15, 0.2) is 18.2 Å². The number of esters is 1. The van der Waals surface area contributed by atoms with Gasteiger partial charge in [0.15, 0.2) is 0 Å². The number of fused-ring (bicyclic) bond motifs is 1. The summed E-state index contributed by atoms with van der Waals surface area (Å²) < 4.78 is 39.5. The van der Waals surface area contributed by atoms with E-state index < -0.39 is 98.4 Å². The maximum atomic E-state index is 14.6. The lowest BCUT2D eigenvalue weighted by molar-refractivity contribution is -0.156. The van der Waals surface area contributed by atoms with Crippen LogP contribution in [-0.2, 0) is 47.3 Å². The van der Waals surface area contributed by atoms with Crippen LogP contribution in [-0.4, -0.2) is 169 Å². The minimum Gasteiger partial charge on any atom is -0.493 e. The van der Waals surface area contributed by atoms with Crippen molar-refractivity contribution in [3.8, 4) is 11.5 Å². The van der Waals surface area contributed by atoms with Crippen molar-refractivity contribution in [3.05, 3.63) is 23.8 Å². The first kappa shape index (κ1) is 54.4. The zero-order valence-corrected chi connectivity index (χ0v) is 39.1. The maximum absolute atomic E-state index is 14.6. The minimum absolute atomic E-state index is 0.0267. The van der Waals surface area contributed by atoms with Crippen LogP contribution < -0.4 is 36.1 Å². The molecule has 24 heteroatoms. The van der Waals surface area contributed by atoms with Crippen LogP contribution in [0.1, 0.15) is 77.1 Å². The number of amides is 6. The monoisotopic (exact) mass is 943 g/mol. The molecule has 23 nitrogen and oxygen atoms in total. The molecule has 2 heterocycles. The number of methoxy groups -OCH3 is 1. The van der Waals surface area contributed by atoms with Crippen molar-refractivity contribution < 1.29 is 76.5 Å². The zero-order valence-electron chi connectivity index (χ0n) is 38.2. The first-order valence-corrected chi connectivity index (χ1v) is 23.0. The smallest absolute Gasteiger partial charge is 0.469 e. The van der Waals surface area contributed by atoms with Gasteiger partial charge in [0, 0.05) is 31.1 Å². The second kappa shape index (κ2) is 25.7. The molecule has 2 aliphatic heterocycles. The van der Waals surface area contributed by atoms with Gasteiger partial charge in [0.2, 0.25) is 23.6 Å². The predicted molar refractivity (Wildman–Crippen MR) is 231 cm³/mol. The van der Waals surface area contributed by atoms with Crippen LogP contribution in [0.3, 0.4) is 0 Å². The number of nitrogens with zero attached hydrogens (tertiary/aromatic N) is 2. The lowest BCUT2D eigenvalue weighted by Gasteiger charge is -2.35. The molecule has 0 bridgehead atoms. The van der Waals surface area contributed by atoms with E-state index in [9.17, 15) is 53.0 Å². The highest BCUT2D eigenvalue weighted by atomic mass is 31.2. The van der Waals surface area contributed by atoms with Gasteiger partial charge < -0.3 is 70.2 Å². The lowest BCUT2D eigenvalue weighted by atomic mass is 10.0. The van der Waals surface area contributed by atoms with Crippen LogP contribution in [0.5, 0.6) is 11.5 Å². The molecule has 65 heavy (non-hydrogen) atoms. The number of benzene rings is 1. The Balaban J connectivity index is 2.00. The normalized spacial score (nSPS) is 22.6. The Kier molecular flexibility index (Phi) is 21.5. The second-order valence-electron chi connectivity index (χ2n) is 16.9. The predicted octanol–water partition coefficient (Wildman–Crippen LogP) is -0.832. The van der Waals surface area contributed by atoms with E-state index in [4.69, 9.17) is 23.5 Å². The van der Waals surface area contributed by atoms with E-state index in [1.165, 1.54) is 12.1 Å². The summed E-state index contributed by atoms with van der Waals surface area (Å²) in [6.07, 6.45) is -3.44. The molecule has 0 spiro atoms. The average molecular weight is 944 g/mol. The van der Waals surface area contributed by atoms with Crippen molar-refractivity contribution in [3.63, 3.8) is 0 Å². The number of rotatable bonds is 18. The van der Waals surface area contributed by atoms with E-state index in [2.05, 4.69) is 26.6 Å². The van der Waals surface area contributed by atoms with E-state index in [1.54, 1.807) is 6.07 Å². The molecule has 0 radical (unpaired) electrons. The molecular formula is C41H66N7O16P. The van der Waals surface area contributed by atoms with Crippen molar-refractivity contribution in [2.75, 3.05) is 60.7 Å². The standard InChI is InChI=1S/C41H66N7O16P/c1-23(2)17-30(41(56)60-8)44-39(54)32-10-12-34-48(32)40(55)35(25(5)64-65(57,58)59)46-38(53)31(21-49)45-37(52)29(9-11-33(50)42-13-15-62-34)43-36(51)26-18-27(61-16-14-47(6)7)20-28(19-26)63-22-24(3)4/h18-20,23-25,29-32,34-35,49H,9-17,21-22H2,1-8H3,(H,42,50)(H,43,51)(H,44,54)(H,45,52)(H,46,53)(H2,57,58,59)/t25-,29+,30+,31+,32+,34-,35+/m1/s1. The molecule has 366 valence electrons. The summed E-state index contributed by atoms with van der Waals surface area (Å²) in [4.78, 5) is 118. The van der Waals surface area contributed by atoms with Crippen molar-refractivity contribution in [1.82, 2.24) is 36.4 Å². The van der Waals surface area contributed by atoms with Crippen molar-refractivity contribution >= 4 is 49.2 Å². The van der Waals surface area contributed by atoms with Crippen molar-refractivity contribution in [1.29, 1.82) is 0 Å². The van der Waals surface area contributed by atoms with Crippen molar-refractivity contribution in [2.24, 2.45) is 11.8 Å². The Morgan fingerprint density at radius 3 is 2.23 bits per heavy atom. The van der Waals surface area contributed by atoms with Gasteiger partial charge in [-0.1, -0.05) is 27.7 Å². The third-order valence-corrected chi connectivity index (χ3v) is 10.7. The van der Waals surface area contributed by atoms with Gasteiger partial charge in [0.05, 0.1) is 33.0 Å². The molecule has 1 aromatic carbocycles. The molecule has 6 amide bonds. The maximum Gasteiger partial charge on any atom is 0.469 e. The third kappa shape index (κ3) is 17.8. The SMILES string of the molecule is COC(=O)[C@H](CC(C)C)NC(=O)[C@@H]1CC[C@H]2OCCNC(=O)CC[C@H](NC(=O)c3cc(OCCN(C)C)cc(OCC(C)C)c3)C(=O)N[C@@H](CO)C(=O)N[C@@H]([C@@H](C)OP(=O)(O)O)C(=O)N21. The van der Waals surface area contributed by atoms with Crippen LogP contribution in [0, 0.1) is 11.8 Å². The highest BCUT2D eigenvalue weighted by Gasteiger charge is 2.47. The fourth-order valence-electron chi connectivity index (χ4n) is 6.87. The van der Waals surface area contributed by atoms with E-state index in [0.717, 1.165) is 18.9 Å². The number of ether oxygens (including phenoxy) is 4. The average Bonchev–Trinajstić information content (AvgIpc) is 3.65. The van der Waals surface area contributed by atoms with Crippen LogP contribution in [0.25, 0.3) is 0 Å². The summed E-state index contributed by atoms with van der Waals surface area (Å²) in [5.74, 6) is -5.58. The molecule has 2 aliphatic rings. The van der Waals surface area contributed by atoms with E-state index in [0.29, 0.717) is 24.7 Å². The summed E-state index contributed by atoms with van der Waals surface area (Å²) in [6.45, 7) is 8.31. The molecule has 2 saturated heterocycles. The summed E-state index contributed by atoms with van der Waals surface area (Å²) in [6, 6.07) is -3.29. The lowest BCUT2D eigenvalue weighted by Crippen LogP contribution is -2.63. The molecule has 8 N–H and O–H groups in total. The molecule has 0 saturated carbocycles. The summed E-state index contributed by atoms with van der Waals surface area (Å²) in [7, 11) is -0.466. The Bertz CT molecular complexity index is 1860. The summed E-state index contributed by atoms with van der Waals surface area (Å²) in [5.41, 5.74) is 0.0361. The Morgan fingerprint density at radius 2 is 1.63 bits per heavy atom. The van der Waals surface area contributed by atoms with Gasteiger partial charge in [0.1, 0.15) is 54.5 Å². The van der Waals surface area contributed by atoms with Gasteiger partial charge in [-0.05, 0) is 70.7 Å². The minimum atomic E-state index is -5.34. The highest BCUT2D eigenvalue weighted by molar-refractivity contribution is 7.46. The largest absolute Gasteiger partial charge is 0.493 e. The molecule has 0 unspecified atom stereocenters. The number of carbonyl (C=O) groups excluding carboxylic acids is 7. The van der Waals surface area contributed by atoms with Gasteiger partial charge >= 0.3 is 13.8 Å². The number of carbonyl (C=O) groups is 7. The van der Waals surface area contributed by atoms with E-state index in [1.807, 2.05) is 46.7 Å². The number of likely N-dealkylation sites (N-methyl/N-ethyl adjacent to an activating group) is 1. The second-order valence-corrected chi connectivity index (χ2v) is 18.1. The third-order valence-electron chi connectivity index (χ3n) is 10.1. The number of phosphoric ester groups is 1. The Labute approximate surface area is 378 Å². The molecule has 0 aromatic heterocycles. The fraction of sp³-hybridized carbons (Fsp3) is 0.683. The number of phosphoric acid groups is 1. The van der Waals surface area contributed by atoms with Crippen LogP contribution >= 0.6 is 7.82 Å². The Hall–Kier alpha value is -4.90. The van der Waals surface area contributed by atoms with Crippen LogP contribution in [0.2, 0.25) is 0 Å². The molecule has 2 fully saturated rings. The number of hydrogen-bond acceptors (Lipinski definition) is 15. The highest BCUT2D eigenvalue weighted by Crippen LogP contribution is 2.39. The van der Waals surface area contributed by atoms with Gasteiger partial charge in [-0.25, -0.2) is 9.36 Å². The molecule has 3 rings (SSSR count). The number of hydrogen-bond donors (Lipinski definition) is 8. The zero-order chi connectivity index (χ0) is 48.6. The fourth-order valence-corrected chi connectivity index (χ4v) is 7.42. The molecule has 1 aromatic rings. The van der Waals surface area contributed by atoms with E-state index in [-0.39, 0.29) is 69.3 Å². The molecular weight excluding hydrogens is 877 g/mol. The quantitative estimate of drug-likeness (QED) is 0.0658. The number of aliphatic hydroxyl groups excluding tert-OH is 1. The number of aliphatic hydroxyl groups is 1. The van der Waals surface area contributed by atoms with Gasteiger partial charge in [-0.2, -0.15) is 0 Å². The first-order chi connectivity index (χ1) is 30.5. The van der Waals surface area contributed by atoms with Gasteiger partial charge in [0.25, 0.3) is 11.8 Å². The van der Waals surface area contributed by atoms with E-state index >= 15 is 0 Å². The summed E-state index contributed by atoms with van der Waals surface area (Å²) >= 11 is 0. The Morgan fingerprint density at radius 1 is 0.954 bits per heavy atom. The first-order valence-electron chi connectivity index (χ1n) is 21.4. The van der Waals surface area contributed by atoms with Crippen molar-refractivity contribution in [2.45, 2.75) is 109 Å².